The van der Waals surface area contributed by atoms with Gasteiger partial charge in [-0.05, 0) is 44.2 Å². The molecule has 22 heavy (non-hydrogen) atoms. The van der Waals surface area contributed by atoms with Crippen LogP contribution in [0.25, 0.3) is 0 Å². The van der Waals surface area contributed by atoms with Crippen molar-refractivity contribution in [2.75, 3.05) is 12.4 Å². The van der Waals surface area contributed by atoms with E-state index in [1.54, 1.807) is 7.11 Å². The van der Waals surface area contributed by atoms with Crippen LogP contribution in [0, 0.1) is 12.7 Å². The van der Waals surface area contributed by atoms with Gasteiger partial charge in [-0.15, -0.1) is 0 Å². The lowest BCUT2D eigenvalue weighted by Gasteiger charge is -2.18. The smallest absolute Gasteiger partial charge is 0.319 e. The minimum atomic E-state index is -0.359. The fourth-order valence-electron chi connectivity index (χ4n) is 2.17. The van der Waals surface area contributed by atoms with Gasteiger partial charge in [0.25, 0.3) is 0 Å². The Morgan fingerprint density at radius 3 is 2.50 bits per heavy atom. The summed E-state index contributed by atoms with van der Waals surface area (Å²) in [6, 6.07) is 10.8. The molecule has 2 aromatic rings. The lowest BCUT2D eigenvalue weighted by molar-refractivity contribution is 0.249. The standard InChI is InChI=1S/C17H19FN2O2/c1-11-4-9-16(22-3)15(10-11)12(2)19-17(21)20-14-7-5-13(18)6-8-14/h4-10,12H,1-3H3,(H2,19,20,21). The Hall–Kier alpha value is -2.56. The van der Waals surface area contributed by atoms with E-state index in [4.69, 9.17) is 4.74 Å². The van der Waals surface area contributed by atoms with Crippen LogP contribution >= 0.6 is 0 Å². The maximum absolute atomic E-state index is 12.8. The minimum absolute atomic E-state index is 0.227. The number of hydrogen-bond acceptors (Lipinski definition) is 2. The van der Waals surface area contributed by atoms with E-state index in [1.165, 1.54) is 24.3 Å². The van der Waals surface area contributed by atoms with Crippen molar-refractivity contribution in [2.24, 2.45) is 0 Å². The fraction of sp³-hybridized carbons (Fsp3) is 0.235. The Morgan fingerprint density at radius 1 is 1.18 bits per heavy atom. The van der Waals surface area contributed by atoms with E-state index in [-0.39, 0.29) is 17.9 Å². The molecule has 0 aliphatic rings. The summed E-state index contributed by atoms with van der Waals surface area (Å²) in [6.07, 6.45) is 0. The van der Waals surface area contributed by atoms with Gasteiger partial charge in [0.2, 0.25) is 0 Å². The van der Waals surface area contributed by atoms with Gasteiger partial charge in [0.1, 0.15) is 11.6 Å². The Balaban J connectivity index is 2.05. The van der Waals surface area contributed by atoms with Crippen molar-refractivity contribution in [1.82, 2.24) is 5.32 Å². The lowest BCUT2D eigenvalue weighted by atomic mass is 10.0. The molecule has 0 bridgehead atoms. The molecule has 0 radical (unpaired) electrons. The summed E-state index contributed by atoms with van der Waals surface area (Å²) >= 11 is 0. The second-order valence-corrected chi connectivity index (χ2v) is 5.07. The van der Waals surface area contributed by atoms with Gasteiger partial charge in [-0.3, -0.25) is 0 Å². The molecule has 0 aliphatic heterocycles. The highest BCUT2D eigenvalue weighted by Crippen LogP contribution is 2.26. The molecule has 0 saturated heterocycles. The van der Waals surface area contributed by atoms with Crippen LogP contribution in [0.15, 0.2) is 42.5 Å². The Bertz CT molecular complexity index is 656. The number of halogens is 1. The molecule has 0 saturated carbocycles. The van der Waals surface area contributed by atoms with E-state index in [0.29, 0.717) is 5.69 Å². The Labute approximate surface area is 129 Å². The van der Waals surface area contributed by atoms with E-state index in [2.05, 4.69) is 10.6 Å². The van der Waals surface area contributed by atoms with Gasteiger partial charge in [0, 0.05) is 11.3 Å². The summed E-state index contributed by atoms with van der Waals surface area (Å²) in [5.41, 5.74) is 2.52. The summed E-state index contributed by atoms with van der Waals surface area (Å²) in [7, 11) is 1.60. The number of aryl methyl sites for hydroxylation is 1. The van der Waals surface area contributed by atoms with E-state index in [9.17, 15) is 9.18 Å². The molecule has 4 nitrogen and oxygen atoms in total. The first-order valence-electron chi connectivity index (χ1n) is 6.97. The summed E-state index contributed by atoms with van der Waals surface area (Å²) in [6.45, 7) is 3.86. The van der Waals surface area contributed by atoms with Gasteiger partial charge in [0.15, 0.2) is 0 Å². The molecular formula is C17H19FN2O2. The number of nitrogens with one attached hydrogen (secondary N) is 2. The summed E-state index contributed by atoms with van der Waals surface area (Å²) in [4.78, 5) is 12.0. The zero-order chi connectivity index (χ0) is 16.1. The normalized spacial score (nSPS) is 11.6. The monoisotopic (exact) mass is 302 g/mol. The highest BCUT2D eigenvalue weighted by Gasteiger charge is 2.14. The molecule has 1 unspecified atom stereocenters. The fourth-order valence-corrected chi connectivity index (χ4v) is 2.17. The summed E-state index contributed by atoms with van der Waals surface area (Å²) < 4.78 is 18.2. The molecule has 2 N–H and O–H groups in total. The number of rotatable bonds is 4. The SMILES string of the molecule is COc1ccc(C)cc1C(C)NC(=O)Nc1ccc(F)cc1. The van der Waals surface area contributed by atoms with Crippen LogP contribution in [-0.4, -0.2) is 13.1 Å². The predicted octanol–water partition coefficient (Wildman–Crippen LogP) is 4.03. The largest absolute Gasteiger partial charge is 0.496 e. The molecule has 0 aliphatic carbocycles. The Kier molecular flexibility index (Phi) is 4.99. The van der Waals surface area contributed by atoms with E-state index in [1.807, 2.05) is 32.0 Å². The van der Waals surface area contributed by atoms with Crippen molar-refractivity contribution in [1.29, 1.82) is 0 Å². The first-order valence-corrected chi connectivity index (χ1v) is 6.97. The number of urea groups is 1. The van der Waals surface area contributed by atoms with Crippen LogP contribution in [0.5, 0.6) is 5.75 Å². The average Bonchev–Trinajstić information content (AvgIpc) is 2.49. The first kappa shape index (κ1) is 15.8. The lowest BCUT2D eigenvalue weighted by Crippen LogP contribution is -2.31. The number of amides is 2. The average molecular weight is 302 g/mol. The number of carbonyl (C=O) groups excluding carboxylic acids is 1. The Morgan fingerprint density at radius 2 is 1.86 bits per heavy atom. The third-order valence-corrected chi connectivity index (χ3v) is 3.30. The minimum Gasteiger partial charge on any atom is -0.496 e. The molecule has 1 atom stereocenters. The van der Waals surface area contributed by atoms with Gasteiger partial charge in [0.05, 0.1) is 13.2 Å². The molecule has 2 aromatic carbocycles. The second-order valence-electron chi connectivity index (χ2n) is 5.07. The van der Waals surface area contributed by atoms with Crippen LogP contribution < -0.4 is 15.4 Å². The molecule has 5 heteroatoms. The number of anilines is 1. The van der Waals surface area contributed by atoms with Gasteiger partial charge < -0.3 is 15.4 Å². The molecule has 0 aromatic heterocycles. The van der Waals surface area contributed by atoms with Gasteiger partial charge >= 0.3 is 6.03 Å². The zero-order valence-electron chi connectivity index (χ0n) is 12.8. The summed E-state index contributed by atoms with van der Waals surface area (Å²) in [5.74, 6) is 0.379. The zero-order valence-corrected chi connectivity index (χ0v) is 12.8. The van der Waals surface area contributed by atoms with Crippen LogP contribution in [-0.2, 0) is 0 Å². The van der Waals surface area contributed by atoms with Crippen molar-refractivity contribution in [2.45, 2.75) is 19.9 Å². The third kappa shape index (κ3) is 3.97. The van der Waals surface area contributed by atoms with Gasteiger partial charge in [-0.2, -0.15) is 0 Å². The maximum Gasteiger partial charge on any atom is 0.319 e. The van der Waals surface area contributed by atoms with Crippen molar-refractivity contribution in [3.63, 3.8) is 0 Å². The molecule has 2 amide bonds. The molecule has 116 valence electrons. The molecule has 2 rings (SSSR count). The van der Waals surface area contributed by atoms with Crippen molar-refractivity contribution in [3.05, 3.63) is 59.4 Å². The number of carbonyl (C=O) groups is 1. The van der Waals surface area contributed by atoms with E-state index >= 15 is 0 Å². The third-order valence-electron chi connectivity index (χ3n) is 3.30. The van der Waals surface area contributed by atoms with Crippen LogP contribution in [0.2, 0.25) is 0 Å². The molecular weight excluding hydrogens is 283 g/mol. The molecule has 0 spiro atoms. The number of benzene rings is 2. The number of methoxy groups -OCH3 is 1. The second kappa shape index (κ2) is 6.93. The molecule has 0 heterocycles. The summed E-state index contributed by atoms with van der Waals surface area (Å²) in [5, 5.41) is 5.50. The van der Waals surface area contributed by atoms with Crippen molar-refractivity contribution in [3.8, 4) is 5.75 Å². The van der Waals surface area contributed by atoms with Gasteiger partial charge in [-0.1, -0.05) is 17.7 Å². The number of ether oxygens (including phenoxy) is 1. The number of hydrogen-bond donors (Lipinski definition) is 2. The molecule has 0 fully saturated rings. The van der Waals surface area contributed by atoms with Crippen LogP contribution in [0.3, 0.4) is 0 Å². The van der Waals surface area contributed by atoms with E-state index < -0.39 is 0 Å². The van der Waals surface area contributed by atoms with Crippen LogP contribution in [0.4, 0.5) is 14.9 Å². The van der Waals surface area contributed by atoms with Crippen LogP contribution in [0.1, 0.15) is 24.1 Å². The quantitative estimate of drug-likeness (QED) is 0.896. The van der Waals surface area contributed by atoms with Gasteiger partial charge in [-0.25, -0.2) is 9.18 Å². The first-order chi connectivity index (χ1) is 10.5. The predicted molar refractivity (Wildman–Crippen MR) is 84.7 cm³/mol. The topological polar surface area (TPSA) is 50.4 Å². The van der Waals surface area contributed by atoms with Crippen molar-refractivity contribution < 1.29 is 13.9 Å². The highest BCUT2D eigenvalue weighted by atomic mass is 19.1. The maximum atomic E-state index is 12.8. The van der Waals surface area contributed by atoms with Crippen molar-refractivity contribution >= 4 is 11.7 Å². The highest BCUT2D eigenvalue weighted by molar-refractivity contribution is 5.89. The van der Waals surface area contributed by atoms with E-state index in [0.717, 1.165) is 16.9 Å².